The number of unbranched alkanes of at least 4 members (excludes halogenated alkanes) is 23. The maximum Gasteiger partial charge on any atom is 0.341 e. The van der Waals surface area contributed by atoms with Crippen LogP contribution in [0.15, 0.2) is 0 Å². The van der Waals surface area contributed by atoms with Crippen LogP contribution in [0.3, 0.4) is 0 Å². The molecule has 0 radical (unpaired) electrons. The summed E-state index contributed by atoms with van der Waals surface area (Å²) < 4.78 is 16.8. The molecule has 1 N–H and O–H groups in total. The number of carbonyl (C=O) groups excluding carboxylic acids is 5. The molecule has 412 valence electrons. The van der Waals surface area contributed by atoms with E-state index in [9.17, 15) is 24.0 Å². The van der Waals surface area contributed by atoms with Gasteiger partial charge in [0, 0.05) is 37.9 Å². The maximum atomic E-state index is 13.0. The van der Waals surface area contributed by atoms with Crippen LogP contribution in [0.4, 0.5) is 5.00 Å². The Balaban J connectivity index is 0.000000853. The molecule has 1 aliphatic heterocycles. The highest BCUT2D eigenvalue weighted by atomic mass is 32.1. The second-order valence-electron chi connectivity index (χ2n) is 20.5. The van der Waals surface area contributed by atoms with E-state index in [2.05, 4.69) is 33.0 Å². The van der Waals surface area contributed by atoms with Crippen LogP contribution in [0.2, 0.25) is 0 Å². The number of carbonyl (C=O) groups is 5. The molecule has 1 aromatic heterocycles. The van der Waals surface area contributed by atoms with Crippen molar-refractivity contribution in [3.05, 3.63) is 16.0 Å². The van der Waals surface area contributed by atoms with Crippen LogP contribution in [0.1, 0.15) is 267 Å². The molecular weight excluding hydrogens is 911 g/mol. The predicted molar refractivity (Wildman–Crippen MR) is 296 cm³/mol. The molecule has 0 aromatic carbocycles. The van der Waals surface area contributed by atoms with Crippen molar-refractivity contribution in [3.8, 4) is 0 Å². The normalized spacial score (nSPS) is 12.6. The number of ether oxygens (including phenoxy) is 3. The number of hydrogen-bond donors (Lipinski definition) is 1. The first-order valence-electron chi connectivity index (χ1n) is 29.3. The summed E-state index contributed by atoms with van der Waals surface area (Å²) in [5.74, 6) is -0.0157. The summed E-state index contributed by atoms with van der Waals surface area (Å²) in [4.78, 5) is 66.5. The van der Waals surface area contributed by atoms with Gasteiger partial charge < -0.3 is 34.1 Å². The van der Waals surface area contributed by atoms with E-state index >= 15 is 0 Å². The molecule has 1 aromatic rings. The third kappa shape index (κ3) is 32.7. The third-order valence-electron chi connectivity index (χ3n) is 13.9. The Hall–Kier alpha value is -2.99. The van der Waals surface area contributed by atoms with Gasteiger partial charge in [-0.25, -0.2) is 4.79 Å². The van der Waals surface area contributed by atoms with Crippen molar-refractivity contribution in [2.45, 2.75) is 259 Å². The summed E-state index contributed by atoms with van der Waals surface area (Å²) in [5.41, 5.74) is 1.64. The van der Waals surface area contributed by atoms with Gasteiger partial charge in [-0.05, 0) is 90.3 Å². The molecule has 1 aliphatic rings. The van der Waals surface area contributed by atoms with E-state index in [-0.39, 0.29) is 35.7 Å². The van der Waals surface area contributed by atoms with Gasteiger partial charge in [0.2, 0.25) is 5.91 Å². The Kier molecular flexibility index (Phi) is 42.4. The summed E-state index contributed by atoms with van der Waals surface area (Å²) in [6.07, 6.45) is 39.1. The van der Waals surface area contributed by atoms with E-state index in [4.69, 9.17) is 14.2 Å². The summed E-state index contributed by atoms with van der Waals surface area (Å²) in [6, 6.07) is 0. The van der Waals surface area contributed by atoms with Crippen LogP contribution in [0.5, 0.6) is 0 Å². The van der Waals surface area contributed by atoms with Gasteiger partial charge in [0.1, 0.15) is 17.9 Å². The predicted octanol–water partition coefficient (Wildman–Crippen LogP) is 15.2. The summed E-state index contributed by atoms with van der Waals surface area (Å²) in [5, 5.41) is 3.96. The number of nitrogens with zero attached hydrogens (tertiary/aromatic N) is 2. The zero-order valence-corrected chi connectivity index (χ0v) is 47.6. The maximum absolute atomic E-state index is 13.0. The zero-order valence-electron chi connectivity index (χ0n) is 46.8. The standard InChI is InChI=1S/C37H65N3O5S.C22H42O3/c1-6-8-10-12-14-17-21-30(22-18-15-13-11-9-7-2)36(42)44-27-20-16-19-23-33(41)40-25-24-31-32(29-40)46-35(38-3)34(31)37(43)45-28-26-39(4)5;1-3-5-7-9-10-14-18-21(17-13-8-6-4-2)22(24)25-20-16-12-11-15-19-23/h30,38H,6-29H2,1-5H3;19,21H,3-18,20H2,1-2H3. The minimum Gasteiger partial charge on any atom is -0.465 e. The van der Waals surface area contributed by atoms with Gasteiger partial charge in [-0.15, -0.1) is 11.3 Å². The lowest BCUT2D eigenvalue weighted by atomic mass is 9.94. The fourth-order valence-electron chi connectivity index (χ4n) is 9.29. The second-order valence-corrected chi connectivity index (χ2v) is 21.6. The average molecular weight is 1020 g/mol. The van der Waals surface area contributed by atoms with Crippen LogP contribution in [0, 0.1) is 11.8 Å². The SMILES string of the molecule is CCCCCCCCC(CCCCCC)C(=O)OCCCCCC=O.CCCCCCCCC(CCCCCCCC)C(=O)OCCCCCC(=O)N1CCc2c(sc(NC)c2C(=O)OCCN(C)C)C1. The van der Waals surface area contributed by atoms with Gasteiger partial charge in [0.05, 0.1) is 37.2 Å². The number of amides is 1. The van der Waals surface area contributed by atoms with Crippen molar-refractivity contribution in [2.75, 3.05) is 59.4 Å². The molecule has 0 fully saturated rings. The highest BCUT2D eigenvalue weighted by Crippen LogP contribution is 2.37. The van der Waals surface area contributed by atoms with Gasteiger partial charge >= 0.3 is 17.9 Å². The van der Waals surface area contributed by atoms with Gasteiger partial charge in [-0.2, -0.15) is 0 Å². The lowest BCUT2D eigenvalue weighted by molar-refractivity contribution is -0.150. The van der Waals surface area contributed by atoms with Crippen molar-refractivity contribution >= 4 is 46.4 Å². The molecule has 2 rings (SSSR count). The van der Waals surface area contributed by atoms with Crippen molar-refractivity contribution in [1.29, 1.82) is 0 Å². The van der Waals surface area contributed by atoms with Crippen molar-refractivity contribution in [3.63, 3.8) is 0 Å². The van der Waals surface area contributed by atoms with Gasteiger partial charge in [-0.1, -0.05) is 169 Å². The van der Waals surface area contributed by atoms with Gasteiger partial charge in [0.15, 0.2) is 0 Å². The summed E-state index contributed by atoms with van der Waals surface area (Å²) in [6.45, 7) is 12.1. The fraction of sp³-hybridized carbons (Fsp3) is 0.847. The smallest absolute Gasteiger partial charge is 0.341 e. The van der Waals surface area contributed by atoms with Crippen LogP contribution in [0.25, 0.3) is 0 Å². The van der Waals surface area contributed by atoms with E-state index in [1.165, 1.54) is 116 Å². The zero-order chi connectivity index (χ0) is 52.2. The molecule has 0 aliphatic carbocycles. The highest BCUT2D eigenvalue weighted by Gasteiger charge is 2.30. The molecule has 1 atom stereocenters. The molecule has 0 saturated carbocycles. The van der Waals surface area contributed by atoms with Crippen molar-refractivity contribution in [2.24, 2.45) is 11.8 Å². The second kappa shape index (κ2) is 45.6. The Morgan fingerprint density at radius 3 is 1.48 bits per heavy atom. The minimum absolute atomic E-state index is 0.0137. The Bertz CT molecular complexity index is 1480. The first-order chi connectivity index (χ1) is 34.6. The number of likely N-dealkylation sites (N-methyl/N-ethyl adjacent to an activating group) is 1. The molecule has 12 heteroatoms. The number of fused-ring (bicyclic) bond motifs is 1. The minimum atomic E-state index is -0.291. The summed E-state index contributed by atoms with van der Waals surface area (Å²) >= 11 is 1.54. The molecule has 0 spiro atoms. The number of rotatable bonds is 45. The molecule has 0 bridgehead atoms. The Morgan fingerprint density at radius 2 is 1.03 bits per heavy atom. The van der Waals surface area contributed by atoms with E-state index in [1.807, 2.05) is 30.9 Å². The van der Waals surface area contributed by atoms with E-state index < -0.39 is 0 Å². The number of esters is 3. The van der Waals surface area contributed by atoms with E-state index in [1.54, 1.807) is 11.3 Å². The van der Waals surface area contributed by atoms with Gasteiger partial charge in [0.25, 0.3) is 0 Å². The number of aldehydes is 1. The molecule has 71 heavy (non-hydrogen) atoms. The number of anilines is 1. The molecular formula is C59H107N3O8S. The highest BCUT2D eigenvalue weighted by molar-refractivity contribution is 7.16. The first-order valence-corrected chi connectivity index (χ1v) is 30.1. The number of nitrogens with one attached hydrogen (secondary N) is 1. The monoisotopic (exact) mass is 1020 g/mol. The molecule has 2 heterocycles. The fourth-order valence-corrected chi connectivity index (χ4v) is 10.5. The lowest BCUT2D eigenvalue weighted by Crippen LogP contribution is -2.35. The lowest BCUT2D eigenvalue weighted by Gasteiger charge is -2.27. The Morgan fingerprint density at radius 1 is 0.592 bits per heavy atom. The quantitative estimate of drug-likeness (QED) is 0.0291. The van der Waals surface area contributed by atoms with E-state index in [0.29, 0.717) is 64.3 Å². The van der Waals surface area contributed by atoms with Crippen molar-refractivity contribution in [1.82, 2.24) is 9.80 Å². The van der Waals surface area contributed by atoms with Crippen molar-refractivity contribution < 1.29 is 38.2 Å². The number of thiophene rings is 1. The molecule has 11 nitrogen and oxygen atoms in total. The largest absolute Gasteiger partial charge is 0.465 e. The molecule has 1 unspecified atom stereocenters. The van der Waals surface area contributed by atoms with Gasteiger partial charge in [-0.3, -0.25) is 14.4 Å². The Labute approximate surface area is 438 Å². The van der Waals surface area contributed by atoms with Crippen LogP contribution in [-0.2, 0) is 46.4 Å². The van der Waals surface area contributed by atoms with Crippen LogP contribution < -0.4 is 5.32 Å². The first kappa shape index (κ1) is 66.0. The average Bonchev–Trinajstić information content (AvgIpc) is 3.75. The number of hydrogen-bond acceptors (Lipinski definition) is 11. The summed E-state index contributed by atoms with van der Waals surface area (Å²) in [7, 11) is 5.72. The van der Waals surface area contributed by atoms with Crippen LogP contribution in [-0.4, -0.2) is 94.0 Å². The van der Waals surface area contributed by atoms with Crippen LogP contribution >= 0.6 is 11.3 Å². The van der Waals surface area contributed by atoms with E-state index in [0.717, 1.165) is 112 Å². The molecule has 1 amide bonds. The molecule has 0 saturated heterocycles. The topological polar surface area (TPSA) is 132 Å². The third-order valence-corrected chi connectivity index (χ3v) is 15.1.